The van der Waals surface area contributed by atoms with Crippen LogP contribution in [-0.2, 0) is 0 Å². The van der Waals surface area contributed by atoms with Crippen LogP contribution in [0.25, 0.3) is 10.3 Å². The molecule has 4 rings (SSSR count). The SMILES string of the molecule is Cc1sccc1NC(=O)c1csc2ncc(N=CC3CCCC(F)(F)[C@@H]3N)nc12. The number of hydrogen-bond acceptors (Lipinski definition) is 7. The van der Waals surface area contributed by atoms with E-state index in [-0.39, 0.29) is 18.1 Å². The highest BCUT2D eigenvalue weighted by molar-refractivity contribution is 7.17. The highest BCUT2D eigenvalue weighted by Gasteiger charge is 2.43. The third-order valence-corrected chi connectivity index (χ3v) is 6.74. The minimum absolute atomic E-state index is 0.193. The number of rotatable bonds is 4. The maximum absolute atomic E-state index is 13.8. The fraction of sp³-hybridized carbons (Fsp3) is 0.368. The maximum atomic E-state index is 13.8. The lowest BCUT2D eigenvalue weighted by molar-refractivity contribution is -0.0607. The number of aryl methyl sites for hydroxylation is 1. The van der Waals surface area contributed by atoms with Crippen molar-refractivity contribution in [1.29, 1.82) is 0 Å². The molecule has 3 aromatic rings. The van der Waals surface area contributed by atoms with Crippen molar-refractivity contribution < 1.29 is 13.6 Å². The summed E-state index contributed by atoms with van der Waals surface area (Å²) >= 11 is 2.86. The van der Waals surface area contributed by atoms with E-state index < -0.39 is 17.9 Å². The summed E-state index contributed by atoms with van der Waals surface area (Å²) in [6.07, 6.45) is 3.67. The summed E-state index contributed by atoms with van der Waals surface area (Å²) in [6, 6.07) is 0.588. The lowest BCUT2D eigenvalue weighted by Crippen LogP contribution is -2.49. The Morgan fingerprint density at radius 2 is 2.28 bits per heavy atom. The van der Waals surface area contributed by atoms with E-state index in [2.05, 4.69) is 20.3 Å². The molecule has 1 aliphatic carbocycles. The Morgan fingerprint density at radius 1 is 1.45 bits per heavy atom. The van der Waals surface area contributed by atoms with Crippen LogP contribution in [0.3, 0.4) is 0 Å². The quantitative estimate of drug-likeness (QED) is 0.577. The van der Waals surface area contributed by atoms with Crippen molar-refractivity contribution in [3.8, 4) is 0 Å². The van der Waals surface area contributed by atoms with E-state index >= 15 is 0 Å². The van der Waals surface area contributed by atoms with Crippen LogP contribution in [-0.4, -0.2) is 34.1 Å². The first-order chi connectivity index (χ1) is 13.8. The molecule has 6 nitrogen and oxygen atoms in total. The fourth-order valence-electron chi connectivity index (χ4n) is 3.30. The number of halogens is 2. The van der Waals surface area contributed by atoms with Gasteiger partial charge in [-0.3, -0.25) is 4.79 Å². The number of carbonyl (C=O) groups is 1. The number of nitrogens with zero attached hydrogens (tertiary/aromatic N) is 3. The zero-order valence-electron chi connectivity index (χ0n) is 15.6. The van der Waals surface area contributed by atoms with Gasteiger partial charge in [0.1, 0.15) is 10.3 Å². The number of amides is 1. The van der Waals surface area contributed by atoms with E-state index in [0.717, 1.165) is 10.6 Å². The predicted molar refractivity (Wildman–Crippen MR) is 113 cm³/mol. The molecule has 3 aromatic heterocycles. The third kappa shape index (κ3) is 4.05. The molecule has 1 saturated carbocycles. The van der Waals surface area contributed by atoms with Crippen LogP contribution in [0.4, 0.5) is 20.3 Å². The van der Waals surface area contributed by atoms with Gasteiger partial charge in [-0.2, -0.15) is 0 Å². The highest BCUT2D eigenvalue weighted by Crippen LogP contribution is 2.35. The molecule has 1 fully saturated rings. The minimum atomic E-state index is -2.89. The summed E-state index contributed by atoms with van der Waals surface area (Å²) in [5.74, 6) is -3.42. The van der Waals surface area contributed by atoms with Crippen LogP contribution in [0, 0.1) is 12.8 Å². The Morgan fingerprint density at radius 3 is 3.03 bits per heavy atom. The number of carbonyl (C=O) groups excluding carboxylic acids is 1. The summed E-state index contributed by atoms with van der Waals surface area (Å²) < 4.78 is 27.6. The number of aromatic nitrogens is 2. The van der Waals surface area contributed by atoms with E-state index in [1.807, 2.05) is 18.4 Å². The topological polar surface area (TPSA) is 93.3 Å². The number of hydrogen-bond donors (Lipinski definition) is 2. The predicted octanol–water partition coefficient (Wildman–Crippen LogP) is 4.78. The molecule has 152 valence electrons. The van der Waals surface area contributed by atoms with Crippen molar-refractivity contribution in [2.45, 2.75) is 38.2 Å². The lowest BCUT2D eigenvalue weighted by atomic mass is 9.83. The molecule has 0 aliphatic heterocycles. The third-order valence-electron chi connectivity index (χ3n) is 5.02. The van der Waals surface area contributed by atoms with Gasteiger partial charge in [-0.25, -0.2) is 23.7 Å². The highest BCUT2D eigenvalue weighted by atomic mass is 32.1. The second kappa shape index (κ2) is 7.85. The van der Waals surface area contributed by atoms with Gasteiger partial charge in [-0.15, -0.1) is 22.7 Å². The molecule has 2 atom stereocenters. The normalized spacial score (nSPS) is 21.7. The molecule has 1 aliphatic rings. The summed E-state index contributed by atoms with van der Waals surface area (Å²) in [6.45, 7) is 1.93. The molecule has 0 aromatic carbocycles. The van der Waals surface area contributed by atoms with Crippen molar-refractivity contribution in [2.75, 3.05) is 5.32 Å². The molecule has 0 radical (unpaired) electrons. The van der Waals surface area contributed by atoms with E-state index in [1.165, 1.54) is 23.7 Å². The number of anilines is 1. The molecule has 10 heteroatoms. The van der Waals surface area contributed by atoms with Gasteiger partial charge in [0, 0.05) is 28.8 Å². The van der Waals surface area contributed by atoms with Crippen molar-refractivity contribution in [2.24, 2.45) is 16.6 Å². The van der Waals surface area contributed by atoms with Crippen LogP contribution >= 0.6 is 22.7 Å². The van der Waals surface area contributed by atoms with Gasteiger partial charge in [0.25, 0.3) is 11.8 Å². The number of nitrogens with one attached hydrogen (secondary N) is 1. The first-order valence-corrected chi connectivity index (χ1v) is 10.9. The van der Waals surface area contributed by atoms with Gasteiger partial charge in [0.2, 0.25) is 0 Å². The Bertz CT molecular complexity index is 1080. The first kappa shape index (κ1) is 20.0. The number of alkyl halides is 2. The minimum Gasteiger partial charge on any atom is -0.322 e. The smallest absolute Gasteiger partial charge is 0.263 e. The Hall–Kier alpha value is -2.30. The van der Waals surface area contributed by atoms with E-state index in [0.29, 0.717) is 28.8 Å². The summed E-state index contributed by atoms with van der Waals surface area (Å²) in [5.41, 5.74) is 7.31. The molecule has 0 bridgehead atoms. The zero-order chi connectivity index (χ0) is 20.6. The zero-order valence-corrected chi connectivity index (χ0v) is 17.2. The summed E-state index contributed by atoms with van der Waals surface area (Å²) in [5, 5.41) is 6.48. The number of thiophene rings is 2. The average Bonchev–Trinajstić information content (AvgIpc) is 3.29. The molecule has 1 unspecified atom stereocenters. The largest absolute Gasteiger partial charge is 0.322 e. The van der Waals surface area contributed by atoms with Gasteiger partial charge in [-0.1, -0.05) is 0 Å². The molecule has 29 heavy (non-hydrogen) atoms. The number of aliphatic imine (C=N–C) groups is 1. The number of nitrogens with two attached hydrogens (primary N) is 1. The molecule has 3 N–H and O–H groups in total. The average molecular weight is 436 g/mol. The van der Waals surface area contributed by atoms with Gasteiger partial charge >= 0.3 is 0 Å². The molecule has 0 saturated heterocycles. The summed E-state index contributed by atoms with van der Waals surface area (Å²) in [7, 11) is 0. The first-order valence-electron chi connectivity index (χ1n) is 9.12. The molecular weight excluding hydrogens is 416 g/mol. The van der Waals surface area contributed by atoms with Gasteiger partial charge in [0.05, 0.1) is 23.5 Å². The van der Waals surface area contributed by atoms with Gasteiger partial charge in [0.15, 0.2) is 5.82 Å². The van der Waals surface area contributed by atoms with Crippen molar-refractivity contribution in [3.63, 3.8) is 0 Å². The number of fused-ring (bicyclic) bond motifs is 1. The monoisotopic (exact) mass is 435 g/mol. The van der Waals surface area contributed by atoms with Crippen molar-refractivity contribution in [1.82, 2.24) is 9.97 Å². The van der Waals surface area contributed by atoms with E-state index in [4.69, 9.17) is 5.73 Å². The molecule has 3 heterocycles. The van der Waals surface area contributed by atoms with E-state index in [1.54, 1.807) is 16.7 Å². The van der Waals surface area contributed by atoms with Crippen LogP contribution in [0.15, 0.2) is 28.0 Å². The standard InChI is InChI=1S/C19H19F2N5OS2/c1-10-13(4-6-28-10)25-17(27)12-9-29-18-15(12)26-14(8-24-18)23-7-11-3-2-5-19(20,21)16(11)22/h4,6-9,11,16H,2-3,5,22H2,1H3,(H,25,27)/t11?,16-/m1/s1. The van der Waals surface area contributed by atoms with Gasteiger partial charge < -0.3 is 11.1 Å². The van der Waals surface area contributed by atoms with Crippen molar-refractivity contribution in [3.05, 3.63) is 33.5 Å². The fourth-order valence-corrected chi connectivity index (χ4v) is 4.78. The second-order valence-corrected chi connectivity index (χ2v) is 8.98. The van der Waals surface area contributed by atoms with E-state index in [9.17, 15) is 13.6 Å². The molecule has 1 amide bonds. The van der Waals surface area contributed by atoms with Crippen molar-refractivity contribution >= 4 is 56.6 Å². The van der Waals surface area contributed by atoms with Crippen LogP contribution in [0.2, 0.25) is 0 Å². The van der Waals surface area contributed by atoms with Gasteiger partial charge in [-0.05, 0) is 31.2 Å². The van der Waals surface area contributed by atoms with Crippen LogP contribution in [0.1, 0.15) is 34.5 Å². The van der Waals surface area contributed by atoms with Crippen LogP contribution < -0.4 is 11.1 Å². The molecule has 0 spiro atoms. The second-order valence-electron chi connectivity index (χ2n) is 7.00. The maximum Gasteiger partial charge on any atom is 0.263 e. The van der Waals surface area contributed by atoms with Crippen LogP contribution in [0.5, 0.6) is 0 Å². The lowest BCUT2D eigenvalue weighted by Gasteiger charge is -2.33. The Balaban J connectivity index is 1.57. The Labute approximate surface area is 173 Å². The summed E-state index contributed by atoms with van der Waals surface area (Å²) in [4.78, 5) is 27.2. The Kier molecular flexibility index (Phi) is 5.41. The molecular formula is C19H19F2N5OS2.